The Balaban J connectivity index is 2.20. The second kappa shape index (κ2) is 8.02. The SMILES string of the molecule is C[Si](C)(C)c1cc(-c2ccccc2)cc(C=Nc2c(F)c(F)c(F)c(F)c2F)c1O. The van der Waals surface area contributed by atoms with Crippen LogP contribution in [0.1, 0.15) is 5.56 Å². The lowest BCUT2D eigenvalue weighted by molar-refractivity contribution is 0.381. The van der Waals surface area contributed by atoms with Gasteiger partial charge in [0.2, 0.25) is 5.82 Å². The van der Waals surface area contributed by atoms with Gasteiger partial charge in [-0.1, -0.05) is 56.0 Å². The number of aromatic hydroxyl groups is 1. The smallest absolute Gasteiger partial charge is 0.200 e. The third-order valence-corrected chi connectivity index (χ3v) is 6.57. The lowest BCUT2D eigenvalue weighted by atomic mass is 10.0. The summed E-state index contributed by atoms with van der Waals surface area (Å²) >= 11 is 0. The molecule has 0 aliphatic heterocycles. The molecule has 0 atom stereocenters. The Bertz CT molecular complexity index is 1110. The van der Waals surface area contributed by atoms with E-state index in [2.05, 4.69) is 4.99 Å². The maximum absolute atomic E-state index is 13.9. The molecule has 30 heavy (non-hydrogen) atoms. The van der Waals surface area contributed by atoms with E-state index >= 15 is 0 Å². The minimum atomic E-state index is -2.25. The van der Waals surface area contributed by atoms with E-state index in [0.29, 0.717) is 5.19 Å². The maximum Gasteiger partial charge on any atom is 0.200 e. The van der Waals surface area contributed by atoms with Gasteiger partial charge in [0.25, 0.3) is 0 Å². The molecule has 3 aromatic carbocycles. The second-order valence-electron chi connectivity index (χ2n) is 7.75. The molecular weight excluding hydrogens is 417 g/mol. The van der Waals surface area contributed by atoms with Gasteiger partial charge in [0.05, 0.1) is 8.07 Å². The van der Waals surface area contributed by atoms with Crippen LogP contribution in [-0.4, -0.2) is 19.4 Å². The third-order valence-electron chi connectivity index (χ3n) is 4.57. The normalized spacial score (nSPS) is 12.0. The van der Waals surface area contributed by atoms with Gasteiger partial charge in [-0.15, -0.1) is 0 Å². The van der Waals surface area contributed by atoms with E-state index in [1.54, 1.807) is 6.07 Å². The average molecular weight is 435 g/mol. The highest BCUT2D eigenvalue weighted by atomic mass is 28.3. The fourth-order valence-corrected chi connectivity index (χ4v) is 4.41. The van der Waals surface area contributed by atoms with Crippen molar-refractivity contribution in [2.45, 2.75) is 19.6 Å². The summed E-state index contributed by atoms with van der Waals surface area (Å²) in [6.07, 6.45) is 0.906. The van der Waals surface area contributed by atoms with Crippen molar-refractivity contribution >= 4 is 25.2 Å². The molecule has 0 saturated heterocycles. The predicted molar refractivity (Wildman–Crippen MR) is 110 cm³/mol. The molecule has 0 aliphatic rings. The number of rotatable bonds is 4. The number of halogens is 5. The molecule has 0 radical (unpaired) electrons. The number of phenols is 1. The van der Waals surface area contributed by atoms with Crippen LogP contribution in [0.4, 0.5) is 27.6 Å². The van der Waals surface area contributed by atoms with Crippen LogP contribution in [0.25, 0.3) is 11.1 Å². The molecule has 3 aromatic rings. The molecule has 0 saturated carbocycles. The van der Waals surface area contributed by atoms with Gasteiger partial charge < -0.3 is 5.11 Å². The van der Waals surface area contributed by atoms with Gasteiger partial charge in [0, 0.05) is 11.8 Å². The van der Waals surface area contributed by atoms with Gasteiger partial charge in [-0.2, -0.15) is 0 Å². The van der Waals surface area contributed by atoms with Gasteiger partial charge in [0.15, 0.2) is 23.3 Å². The summed E-state index contributed by atoms with van der Waals surface area (Å²) in [6, 6.07) is 12.6. The van der Waals surface area contributed by atoms with E-state index in [4.69, 9.17) is 0 Å². The molecule has 0 aromatic heterocycles. The first-order chi connectivity index (χ1) is 14.0. The van der Waals surface area contributed by atoms with E-state index in [9.17, 15) is 27.1 Å². The summed E-state index contributed by atoms with van der Waals surface area (Å²) in [7, 11) is -2.06. The molecule has 0 fully saturated rings. The Morgan fingerprint density at radius 3 is 1.83 bits per heavy atom. The van der Waals surface area contributed by atoms with Gasteiger partial charge in [0.1, 0.15) is 11.4 Å². The zero-order valence-corrected chi connectivity index (χ0v) is 17.4. The Morgan fingerprint density at radius 1 is 0.767 bits per heavy atom. The van der Waals surface area contributed by atoms with Gasteiger partial charge in [-0.05, 0) is 22.4 Å². The van der Waals surface area contributed by atoms with Crippen LogP contribution in [0.3, 0.4) is 0 Å². The zero-order valence-electron chi connectivity index (χ0n) is 16.4. The first kappa shape index (κ1) is 21.7. The van der Waals surface area contributed by atoms with Crippen molar-refractivity contribution in [3.8, 4) is 16.9 Å². The van der Waals surface area contributed by atoms with Crippen LogP contribution in [0.5, 0.6) is 5.75 Å². The van der Waals surface area contributed by atoms with Crippen molar-refractivity contribution in [1.82, 2.24) is 0 Å². The molecule has 0 amide bonds. The molecule has 0 unspecified atom stereocenters. The van der Waals surface area contributed by atoms with Gasteiger partial charge >= 0.3 is 0 Å². The van der Waals surface area contributed by atoms with E-state index in [1.807, 2.05) is 56.0 Å². The van der Waals surface area contributed by atoms with Crippen LogP contribution >= 0.6 is 0 Å². The van der Waals surface area contributed by atoms with Crippen LogP contribution in [0, 0.1) is 29.1 Å². The lowest BCUT2D eigenvalue weighted by Crippen LogP contribution is -2.38. The molecule has 156 valence electrons. The summed E-state index contributed by atoms with van der Waals surface area (Å²) in [5.74, 6) is -10.6. The number of nitrogens with zero attached hydrogens (tertiary/aromatic N) is 1. The Labute approximate surface area is 171 Å². The zero-order chi connectivity index (χ0) is 22.2. The minimum Gasteiger partial charge on any atom is -0.507 e. The lowest BCUT2D eigenvalue weighted by Gasteiger charge is -2.21. The van der Waals surface area contributed by atoms with E-state index in [1.165, 1.54) is 0 Å². The Morgan fingerprint density at radius 2 is 1.30 bits per heavy atom. The van der Waals surface area contributed by atoms with Gasteiger partial charge in [-0.3, -0.25) is 0 Å². The molecule has 8 heteroatoms. The van der Waals surface area contributed by atoms with E-state index < -0.39 is 42.8 Å². The average Bonchev–Trinajstić information content (AvgIpc) is 2.71. The number of hydrogen-bond acceptors (Lipinski definition) is 2. The fraction of sp³-hybridized carbons (Fsp3) is 0.136. The predicted octanol–water partition coefficient (Wildman–Crippen LogP) is 6.05. The largest absolute Gasteiger partial charge is 0.507 e. The highest BCUT2D eigenvalue weighted by Crippen LogP contribution is 2.31. The first-order valence-electron chi connectivity index (χ1n) is 9.00. The highest BCUT2D eigenvalue weighted by molar-refractivity contribution is 6.89. The molecule has 0 bridgehead atoms. The molecule has 0 spiro atoms. The van der Waals surface area contributed by atoms with Crippen molar-refractivity contribution < 1.29 is 27.1 Å². The highest BCUT2D eigenvalue weighted by Gasteiger charge is 2.26. The fourth-order valence-electron chi connectivity index (χ4n) is 2.97. The summed E-state index contributed by atoms with van der Waals surface area (Å²) in [5, 5.41) is 11.4. The Kier molecular flexibility index (Phi) is 5.80. The Hall–Kier alpha value is -3.00. The standard InChI is InChI=1S/C22H18F5NOSi/c1-30(2,3)15-10-13(12-7-5-4-6-8-12)9-14(22(15)29)11-28-21-19(26)17(24)16(23)18(25)20(21)27/h4-11,29H,1-3H3. The molecule has 0 heterocycles. The number of aliphatic imine (C=N–C) groups is 1. The summed E-state index contributed by atoms with van der Waals surface area (Å²) < 4.78 is 68.0. The maximum atomic E-state index is 13.9. The minimum absolute atomic E-state index is 0.109. The van der Waals surface area contributed by atoms with Crippen molar-refractivity contribution in [3.63, 3.8) is 0 Å². The van der Waals surface area contributed by atoms with Crippen molar-refractivity contribution in [2.75, 3.05) is 0 Å². The van der Waals surface area contributed by atoms with Crippen LogP contribution in [-0.2, 0) is 0 Å². The molecule has 0 aliphatic carbocycles. The molecular formula is C22H18F5NOSi. The van der Waals surface area contributed by atoms with Crippen LogP contribution in [0.15, 0.2) is 47.5 Å². The van der Waals surface area contributed by atoms with Gasteiger partial charge in [-0.25, -0.2) is 26.9 Å². The molecule has 1 N–H and O–H groups in total. The molecule has 3 rings (SSSR count). The van der Waals surface area contributed by atoms with Crippen molar-refractivity contribution in [3.05, 3.63) is 77.1 Å². The van der Waals surface area contributed by atoms with Crippen molar-refractivity contribution in [1.29, 1.82) is 0 Å². The van der Waals surface area contributed by atoms with Crippen LogP contribution < -0.4 is 5.19 Å². The van der Waals surface area contributed by atoms with E-state index in [-0.39, 0.29) is 11.3 Å². The number of phenolic OH excluding ortho intramolecular Hbond substituents is 1. The second-order valence-corrected chi connectivity index (χ2v) is 12.8. The van der Waals surface area contributed by atoms with Crippen LogP contribution in [0.2, 0.25) is 19.6 Å². The first-order valence-corrected chi connectivity index (χ1v) is 12.5. The quantitative estimate of drug-likeness (QED) is 0.175. The number of hydrogen-bond donors (Lipinski definition) is 1. The summed E-state index contributed by atoms with van der Waals surface area (Å²) in [4.78, 5) is 3.49. The number of benzene rings is 3. The summed E-state index contributed by atoms with van der Waals surface area (Å²) in [6.45, 7) is 6.01. The topological polar surface area (TPSA) is 32.6 Å². The third kappa shape index (κ3) is 4.00. The van der Waals surface area contributed by atoms with Crippen molar-refractivity contribution in [2.24, 2.45) is 4.99 Å². The summed E-state index contributed by atoms with van der Waals surface area (Å²) in [5.41, 5.74) is 0.357. The monoisotopic (exact) mass is 435 g/mol. The van der Waals surface area contributed by atoms with E-state index in [0.717, 1.165) is 17.3 Å². The molecule has 2 nitrogen and oxygen atoms in total.